The van der Waals surface area contributed by atoms with Crippen molar-refractivity contribution in [3.8, 4) is 23.3 Å². The van der Waals surface area contributed by atoms with Gasteiger partial charge in [0.25, 0.3) is 0 Å². The van der Waals surface area contributed by atoms with E-state index in [-0.39, 0.29) is 11.9 Å². The number of ether oxygens (including phenoxy) is 4. The number of rotatable bonds is 12. The van der Waals surface area contributed by atoms with Gasteiger partial charge in [-0.25, -0.2) is 9.59 Å². The first-order valence-corrected chi connectivity index (χ1v) is 13.0. The number of allylic oxidation sites excluding steroid dienone is 4. The van der Waals surface area contributed by atoms with Gasteiger partial charge in [0.1, 0.15) is 11.5 Å². The summed E-state index contributed by atoms with van der Waals surface area (Å²) in [5.74, 6) is 6.17. The maximum Gasteiger partial charge on any atom is 0.343 e. The van der Waals surface area contributed by atoms with Crippen LogP contribution in [0.15, 0.2) is 91.1 Å². The van der Waals surface area contributed by atoms with Crippen LogP contribution in [-0.4, -0.2) is 38.4 Å². The van der Waals surface area contributed by atoms with Crippen LogP contribution < -0.4 is 9.47 Å². The van der Waals surface area contributed by atoms with E-state index in [2.05, 4.69) is 18.4 Å². The molecule has 202 valence electrons. The first kappa shape index (κ1) is 29.5. The average Bonchev–Trinajstić information content (AvgIpc) is 3.20. The van der Waals surface area contributed by atoms with Crippen LogP contribution in [0.1, 0.15) is 41.6 Å². The van der Waals surface area contributed by atoms with Crippen molar-refractivity contribution in [2.75, 3.05) is 20.3 Å². The Hall–Kier alpha value is -4.05. The molecule has 1 aliphatic carbocycles. The van der Waals surface area contributed by atoms with Gasteiger partial charge in [-0.1, -0.05) is 48.2 Å². The van der Waals surface area contributed by atoms with Crippen LogP contribution >= 0.6 is 11.6 Å². The van der Waals surface area contributed by atoms with E-state index in [9.17, 15) is 9.59 Å². The minimum atomic E-state index is -0.521. The van der Waals surface area contributed by atoms with Gasteiger partial charge >= 0.3 is 11.9 Å². The molecule has 0 spiro atoms. The van der Waals surface area contributed by atoms with Crippen LogP contribution in [0.25, 0.3) is 0 Å². The van der Waals surface area contributed by atoms with E-state index in [1.807, 2.05) is 30.4 Å². The van der Waals surface area contributed by atoms with Gasteiger partial charge in [0.2, 0.25) is 0 Å². The molecule has 3 rings (SSSR count). The predicted octanol–water partition coefficient (Wildman–Crippen LogP) is 6.65. The largest absolute Gasteiger partial charge is 0.494 e. The lowest BCUT2D eigenvalue weighted by molar-refractivity contribution is -0.137. The van der Waals surface area contributed by atoms with E-state index >= 15 is 0 Å². The fourth-order valence-corrected chi connectivity index (χ4v) is 3.68. The molecule has 2 aromatic carbocycles. The fourth-order valence-electron chi connectivity index (χ4n) is 3.46. The van der Waals surface area contributed by atoms with Gasteiger partial charge in [0, 0.05) is 24.3 Å². The van der Waals surface area contributed by atoms with Crippen LogP contribution in [0.4, 0.5) is 0 Å². The number of unbranched alkanes of at least 4 members (excludes halogenated alkanes) is 3. The molecule has 1 aliphatic rings. The minimum absolute atomic E-state index is 0.0722. The van der Waals surface area contributed by atoms with Crippen LogP contribution in [0.3, 0.4) is 0 Å². The van der Waals surface area contributed by atoms with Gasteiger partial charge < -0.3 is 18.9 Å². The van der Waals surface area contributed by atoms with E-state index in [1.54, 1.807) is 49.6 Å². The summed E-state index contributed by atoms with van der Waals surface area (Å²) >= 11 is 6.36. The average molecular weight is 547 g/mol. The minimum Gasteiger partial charge on any atom is -0.494 e. The second-order valence-electron chi connectivity index (χ2n) is 8.51. The lowest BCUT2D eigenvalue weighted by Crippen LogP contribution is -2.09. The second-order valence-corrected chi connectivity index (χ2v) is 8.92. The fraction of sp³-hybridized carbons (Fsp3) is 0.250. The lowest BCUT2D eigenvalue weighted by atomic mass is 10.1. The molecule has 0 heterocycles. The Morgan fingerprint density at radius 3 is 2.49 bits per heavy atom. The molecule has 0 fully saturated rings. The van der Waals surface area contributed by atoms with Gasteiger partial charge in [-0.2, -0.15) is 0 Å². The summed E-state index contributed by atoms with van der Waals surface area (Å²) in [6, 6.07) is 11.8. The Kier molecular flexibility index (Phi) is 12.1. The van der Waals surface area contributed by atoms with E-state index in [4.69, 9.17) is 30.5 Å². The summed E-state index contributed by atoms with van der Waals surface area (Å²) in [5.41, 5.74) is 1.92. The molecule has 2 aromatic rings. The highest BCUT2D eigenvalue weighted by Crippen LogP contribution is 2.26. The van der Waals surface area contributed by atoms with Crippen LogP contribution in [0.2, 0.25) is 5.02 Å². The molecular formula is C32H31ClO6. The first-order valence-electron chi connectivity index (χ1n) is 12.6. The topological polar surface area (TPSA) is 71.1 Å². The molecule has 0 amide bonds. The van der Waals surface area contributed by atoms with E-state index < -0.39 is 11.9 Å². The molecule has 1 unspecified atom stereocenters. The van der Waals surface area contributed by atoms with Crippen molar-refractivity contribution >= 4 is 23.5 Å². The van der Waals surface area contributed by atoms with Crippen LogP contribution in [0.5, 0.6) is 11.5 Å². The SMILES string of the molecule is C=CC(=O)OCCCCCCOc1ccc(C(=O)Oc2ccc(C#CC3=CC=CC(OC)C=C3)cc2Cl)cc1. The maximum absolute atomic E-state index is 12.6. The molecular weight excluding hydrogens is 516 g/mol. The number of carbonyl (C=O) groups excluding carboxylic acids is 2. The van der Waals surface area contributed by atoms with Gasteiger partial charge in [0.05, 0.1) is 29.9 Å². The molecule has 0 bridgehead atoms. The smallest absolute Gasteiger partial charge is 0.343 e. The standard InChI is InChI=1S/C32H31ClO6/c1-3-31(34)38-22-7-5-4-6-21-37-28-18-15-26(16-19-28)32(35)39-30-20-14-25(23-29(30)33)12-11-24-9-8-10-27(36-2)17-13-24/h3,8-10,13-20,23,27H,1,4-7,21-22H2,2H3. The van der Waals surface area contributed by atoms with E-state index in [0.29, 0.717) is 35.1 Å². The molecule has 7 heteroatoms. The Labute approximate surface area is 234 Å². The van der Waals surface area contributed by atoms with Crippen molar-refractivity contribution in [3.63, 3.8) is 0 Å². The van der Waals surface area contributed by atoms with Gasteiger partial charge in [-0.3, -0.25) is 0 Å². The number of carbonyl (C=O) groups is 2. The van der Waals surface area contributed by atoms with Crippen molar-refractivity contribution in [2.45, 2.75) is 31.8 Å². The Balaban J connectivity index is 1.44. The number of hydrogen-bond donors (Lipinski definition) is 0. The molecule has 0 saturated heterocycles. The summed E-state index contributed by atoms with van der Waals surface area (Å²) < 4.78 is 21.4. The number of esters is 2. The molecule has 0 radical (unpaired) electrons. The normalized spacial score (nSPS) is 13.9. The zero-order chi connectivity index (χ0) is 27.9. The summed E-state index contributed by atoms with van der Waals surface area (Å²) in [6.45, 7) is 4.31. The summed E-state index contributed by atoms with van der Waals surface area (Å²) in [7, 11) is 1.65. The van der Waals surface area contributed by atoms with Crippen molar-refractivity contribution < 1.29 is 28.5 Å². The summed E-state index contributed by atoms with van der Waals surface area (Å²) in [4.78, 5) is 23.6. The number of benzene rings is 2. The van der Waals surface area contributed by atoms with Gasteiger partial charge in [-0.15, -0.1) is 0 Å². The number of hydrogen-bond acceptors (Lipinski definition) is 6. The molecule has 0 N–H and O–H groups in total. The van der Waals surface area contributed by atoms with Crippen LogP contribution in [-0.2, 0) is 14.3 Å². The molecule has 1 atom stereocenters. The zero-order valence-electron chi connectivity index (χ0n) is 21.9. The third kappa shape index (κ3) is 10.3. The van der Waals surface area contributed by atoms with Gasteiger partial charge in [0.15, 0.2) is 0 Å². The lowest BCUT2D eigenvalue weighted by Gasteiger charge is -2.09. The molecule has 0 aliphatic heterocycles. The highest BCUT2D eigenvalue weighted by Gasteiger charge is 2.12. The van der Waals surface area contributed by atoms with Crippen molar-refractivity contribution in [3.05, 3.63) is 107 Å². The van der Waals surface area contributed by atoms with Crippen LogP contribution in [0, 0.1) is 11.8 Å². The highest BCUT2D eigenvalue weighted by molar-refractivity contribution is 6.32. The predicted molar refractivity (Wildman–Crippen MR) is 152 cm³/mol. The zero-order valence-corrected chi connectivity index (χ0v) is 22.6. The molecule has 0 saturated carbocycles. The van der Waals surface area contributed by atoms with Gasteiger partial charge in [-0.05, 0) is 80.3 Å². The third-order valence-corrected chi connectivity index (χ3v) is 5.90. The summed E-state index contributed by atoms with van der Waals surface area (Å²) in [5, 5.41) is 0.290. The van der Waals surface area contributed by atoms with Crippen molar-refractivity contribution in [1.29, 1.82) is 0 Å². The van der Waals surface area contributed by atoms with E-state index in [0.717, 1.165) is 37.3 Å². The molecule has 39 heavy (non-hydrogen) atoms. The monoisotopic (exact) mass is 546 g/mol. The van der Waals surface area contributed by atoms with Crippen molar-refractivity contribution in [2.24, 2.45) is 0 Å². The second kappa shape index (κ2) is 16.0. The quantitative estimate of drug-likeness (QED) is 0.0976. The summed E-state index contributed by atoms with van der Waals surface area (Å²) in [6.07, 6.45) is 14.2. The Bertz CT molecular complexity index is 1290. The Morgan fingerprint density at radius 1 is 1.00 bits per heavy atom. The number of halogens is 1. The maximum atomic E-state index is 12.6. The molecule has 6 nitrogen and oxygen atoms in total. The third-order valence-electron chi connectivity index (χ3n) is 5.61. The first-order chi connectivity index (χ1) is 19.0. The molecule has 0 aromatic heterocycles. The van der Waals surface area contributed by atoms with E-state index in [1.165, 1.54) is 0 Å². The van der Waals surface area contributed by atoms with Crippen molar-refractivity contribution in [1.82, 2.24) is 0 Å². The Morgan fingerprint density at radius 2 is 1.77 bits per heavy atom. The highest BCUT2D eigenvalue weighted by atomic mass is 35.5. The number of methoxy groups -OCH3 is 1.